The first kappa shape index (κ1) is 14.4. The first-order chi connectivity index (χ1) is 7.95. The molecule has 1 nitrogen and oxygen atoms in total. The molecule has 0 aliphatic rings. The molecule has 0 N–H and O–H groups in total. The monoisotopic (exact) mass is 306 g/mol. The van der Waals surface area contributed by atoms with E-state index in [1.54, 1.807) is 0 Å². The van der Waals surface area contributed by atoms with E-state index in [1.165, 1.54) is 19.2 Å². The van der Waals surface area contributed by atoms with Crippen molar-refractivity contribution >= 4 is 15.9 Å². The predicted octanol–water partition coefficient (Wildman–Crippen LogP) is 4.85. The van der Waals surface area contributed by atoms with Crippen LogP contribution in [-0.4, -0.2) is 7.11 Å². The van der Waals surface area contributed by atoms with Crippen molar-refractivity contribution in [2.45, 2.75) is 31.5 Å². The van der Waals surface area contributed by atoms with E-state index in [9.17, 15) is 8.78 Å². The van der Waals surface area contributed by atoms with Gasteiger partial charge < -0.3 is 4.74 Å². The Bertz CT molecular complexity index is 357. The maximum Gasteiger partial charge on any atom is 0.134 e. The van der Waals surface area contributed by atoms with Gasteiger partial charge in [-0.3, -0.25) is 0 Å². The van der Waals surface area contributed by atoms with Crippen LogP contribution in [0.25, 0.3) is 0 Å². The van der Waals surface area contributed by atoms with Crippen LogP contribution in [0.5, 0.6) is 5.75 Å². The Kier molecular flexibility index (Phi) is 5.37. The number of halogens is 3. The Morgan fingerprint density at radius 2 is 1.71 bits per heavy atom. The van der Waals surface area contributed by atoms with Gasteiger partial charge >= 0.3 is 0 Å². The molecule has 0 saturated heterocycles. The summed E-state index contributed by atoms with van der Waals surface area (Å²) in [5.41, 5.74) is 0.0893. The van der Waals surface area contributed by atoms with Crippen molar-refractivity contribution in [2.24, 2.45) is 5.92 Å². The third-order valence-corrected chi connectivity index (χ3v) is 3.51. The fraction of sp³-hybridized carbons (Fsp3) is 0.538. The number of hydrogen-bond donors (Lipinski definition) is 0. The second-order valence-electron chi connectivity index (χ2n) is 4.44. The Hall–Kier alpha value is -0.640. The summed E-state index contributed by atoms with van der Waals surface area (Å²) >= 11 is 3.34. The average Bonchev–Trinajstić information content (AvgIpc) is 2.25. The normalized spacial score (nSPS) is 12.9. The maximum atomic E-state index is 13.7. The van der Waals surface area contributed by atoms with E-state index in [0.717, 1.165) is 6.42 Å². The first-order valence-corrected chi connectivity index (χ1v) is 6.54. The van der Waals surface area contributed by atoms with Gasteiger partial charge in [0.05, 0.1) is 7.11 Å². The predicted molar refractivity (Wildman–Crippen MR) is 68.7 cm³/mol. The lowest BCUT2D eigenvalue weighted by Gasteiger charge is -2.14. The second-order valence-corrected chi connectivity index (χ2v) is 5.55. The van der Waals surface area contributed by atoms with E-state index in [-0.39, 0.29) is 16.1 Å². The van der Waals surface area contributed by atoms with Crippen molar-refractivity contribution in [3.8, 4) is 5.75 Å². The molecule has 0 radical (unpaired) electrons. The largest absolute Gasteiger partial charge is 0.497 e. The van der Waals surface area contributed by atoms with Crippen LogP contribution >= 0.6 is 15.9 Å². The standard InChI is InChI=1S/C13H17BrF2O/c1-8(2)4-5-10(14)13-11(15)6-9(17-3)7-12(13)16/h6-8,10H,4-5H2,1-3H3. The lowest BCUT2D eigenvalue weighted by Crippen LogP contribution is -2.02. The van der Waals surface area contributed by atoms with Gasteiger partial charge in [0.25, 0.3) is 0 Å². The van der Waals surface area contributed by atoms with E-state index in [1.807, 2.05) is 0 Å². The molecular formula is C13H17BrF2O. The molecule has 1 unspecified atom stereocenters. The molecule has 1 aromatic rings. The molecule has 0 heterocycles. The summed E-state index contributed by atoms with van der Waals surface area (Å²) in [6.45, 7) is 4.17. The minimum absolute atomic E-state index is 0.0893. The Morgan fingerprint density at radius 1 is 1.18 bits per heavy atom. The van der Waals surface area contributed by atoms with Gasteiger partial charge in [-0.05, 0) is 18.8 Å². The molecule has 1 atom stereocenters. The highest BCUT2D eigenvalue weighted by molar-refractivity contribution is 9.09. The molecule has 0 saturated carbocycles. The van der Waals surface area contributed by atoms with Crippen LogP contribution < -0.4 is 4.74 Å². The van der Waals surface area contributed by atoms with Crippen LogP contribution in [0.15, 0.2) is 12.1 Å². The number of hydrogen-bond acceptors (Lipinski definition) is 1. The van der Waals surface area contributed by atoms with E-state index in [2.05, 4.69) is 29.8 Å². The Morgan fingerprint density at radius 3 is 2.12 bits per heavy atom. The van der Waals surface area contributed by atoms with E-state index >= 15 is 0 Å². The highest BCUT2D eigenvalue weighted by Gasteiger charge is 2.19. The fourth-order valence-electron chi connectivity index (χ4n) is 1.60. The van der Waals surface area contributed by atoms with Crippen molar-refractivity contribution in [1.82, 2.24) is 0 Å². The molecule has 0 amide bonds. The Labute approximate surface area is 109 Å². The van der Waals surface area contributed by atoms with Gasteiger partial charge in [0, 0.05) is 22.5 Å². The van der Waals surface area contributed by atoms with Crippen molar-refractivity contribution in [3.63, 3.8) is 0 Å². The zero-order valence-electron chi connectivity index (χ0n) is 10.3. The summed E-state index contributed by atoms with van der Waals surface area (Å²) in [6, 6.07) is 2.42. The summed E-state index contributed by atoms with van der Waals surface area (Å²) in [7, 11) is 1.39. The van der Waals surface area contributed by atoms with E-state index in [4.69, 9.17) is 4.74 Å². The van der Waals surface area contributed by atoms with Crippen LogP contribution in [0.4, 0.5) is 8.78 Å². The van der Waals surface area contributed by atoms with Gasteiger partial charge in [0.2, 0.25) is 0 Å². The topological polar surface area (TPSA) is 9.23 Å². The molecule has 0 bridgehead atoms. The molecule has 0 aromatic heterocycles. The molecule has 0 fully saturated rings. The van der Waals surface area contributed by atoms with Gasteiger partial charge in [0.1, 0.15) is 17.4 Å². The summed E-state index contributed by atoms with van der Waals surface area (Å²) in [5, 5.41) is 0. The number of alkyl halides is 1. The van der Waals surface area contributed by atoms with Crippen LogP contribution in [0.1, 0.15) is 37.1 Å². The zero-order chi connectivity index (χ0) is 13.0. The van der Waals surface area contributed by atoms with Crippen LogP contribution in [0.3, 0.4) is 0 Å². The lowest BCUT2D eigenvalue weighted by molar-refractivity contribution is 0.404. The van der Waals surface area contributed by atoms with Crippen molar-refractivity contribution in [2.75, 3.05) is 7.11 Å². The highest BCUT2D eigenvalue weighted by Crippen LogP contribution is 2.34. The van der Waals surface area contributed by atoms with Gasteiger partial charge in [0.15, 0.2) is 0 Å². The van der Waals surface area contributed by atoms with E-state index in [0.29, 0.717) is 12.3 Å². The third-order valence-electron chi connectivity index (χ3n) is 2.60. The molecular weight excluding hydrogens is 290 g/mol. The minimum Gasteiger partial charge on any atom is -0.497 e. The van der Waals surface area contributed by atoms with E-state index < -0.39 is 11.6 Å². The quantitative estimate of drug-likeness (QED) is 0.707. The maximum absolute atomic E-state index is 13.7. The van der Waals surface area contributed by atoms with Crippen LogP contribution in [0.2, 0.25) is 0 Å². The second kappa shape index (κ2) is 6.34. The fourth-order valence-corrected chi connectivity index (χ4v) is 2.30. The SMILES string of the molecule is COc1cc(F)c(C(Br)CCC(C)C)c(F)c1. The van der Waals surface area contributed by atoms with Crippen molar-refractivity contribution < 1.29 is 13.5 Å². The summed E-state index contributed by atoms with van der Waals surface area (Å²) in [5.74, 6) is -0.410. The molecule has 1 aromatic carbocycles. The zero-order valence-corrected chi connectivity index (χ0v) is 11.9. The minimum atomic E-state index is -0.563. The van der Waals surface area contributed by atoms with Crippen molar-refractivity contribution in [1.29, 1.82) is 0 Å². The average molecular weight is 307 g/mol. The van der Waals surface area contributed by atoms with Gasteiger partial charge in [-0.2, -0.15) is 0 Å². The molecule has 17 heavy (non-hydrogen) atoms. The number of ether oxygens (including phenoxy) is 1. The van der Waals surface area contributed by atoms with Crippen molar-refractivity contribution in [3.05, 3.63) is 29.3 Å². The first-order valence-electron chi connectivity index (χ1n) is 5.62. The van der Waals surface area contributed by atoms with Gasteiger partial charge in [-0.15, -0.1) is 0 Å². The molecule has 96 valence electrons. The molecule has 0 spiro atoms. The van der Waals surface area contributed by atoms with Gasteiger partial charge in [-0.25, -0.2) is 8.78 Å². The number of rotatable bonds is 5. The third kappa shape index (κ3) is 3.95. The molecule has 1 rings (SSSR count). The van der Waals surface area contributed by atoms with Crippen LogP contribution in [0, 0.1) is 17.6 Å². The molecule has 4 heteroatoms. The molecule has 0 aliphatic heterocycles. The molecule has 0 aliphatic carbocycles. The van der Waals surface area contributed by atoms with Crippen LogP contribution in [-0.2, 0) is 0 Å². The lowest BCUT2D eigenvalue weighted by atomic mass is 10.0. The Balaban J connectivity index is 2.89. The summed E-state index contributed by atoms with van der Waals surface area (Å²) < 4.78 is 32.3. The highest BCUT2D eigenvalue weighted by atomic mass is 79.9. The summed E-state index contributed by atoms with van der Waals surface area (Å²) in [6.07, 6.45) is 1.62. The summed E-state index contributed by atoms with van der Waals surface area (Å²) in [4.78, 5) is -0.296. The number of benzene rings is 1. The number of methoxy groups -OCH3 is 1. The van der Waals surface area contributed by atoms with Gasteiger partial charge in [-0.1, -0.05) is 29.8 Å². The smallest absolute Gasteiger partial charge is 0.134 e.